The van der Waals surface area contributed by atoms with Crippen molar-refractivity contribution in [1.82, 2.24) is 9.78 Å². The molecule has 2 aromatic carbocycles. The summed E-state index contributed by atoms with van der Waals surface area (Å²) in [6, 6.07) is 20.4. The van der Waals surface area contributed by atoms with E-state index in [1.165, 1.54) is 0 Å². The summed E-state index contributed by atoms with van der Waals surface area (Å²) >= 11 is 0. The van der Waals surface area contributed by atoms with E-state index in [0.29, 0.717) is 12.5 Å². The van der Waals surface area contributed by atoms with Gasteiger partial charge < -0.3 is 4.74 Å². The molecule has 3 heteroatoms. The fourth-order valence-corrected chi connectivity index (χ4v) is 2.21. The third-order valence-electron chi connectivity index (χ3n) is 3.35. The van der Waals surface area contributed by atoms with Crippen LogP contribution in [0, 0.1) is 0 Å². The van der Waals surface area contributed by atoms with Crippen LogP contribution in [0.5, 0.6) is 5.88 Å². The summed E-state index contributed by atoms with van der Waals surface area (Å²) in [5.41, 5.74) is 3.30. The minimum atomic E-state index is 0.529. The van der Waals surface area contributed by atoms with Crippen LogP contribution in [0.1, 0.15) is 12.5 Å². The van der Waals surface area contributed by atoms with Gasteiger partial charge in [0.2, 0.25) is 5.88 Å². The van der Waals surface area contributed by atoms with E-state index in [4.69, 9.17) is 4.74 Å². The van der Waals surface area contributed by atoms with Crippen molar-refractivity contribution in [3.05, 3.63) is 72.4 Å². The summed E-state index contributed by atoms with van der Waals surface area (Å²) in [6.45, 7) is 3.43. The Morgan fingerprint density at radius 2 is 1.62 bits per heavy atom. The van der Waals surface area contributed by atoms with Gasteiger partial charge in [-0.05, 0) is 18.1 Å². The summed E-state index contributed by atoms with van der Waals surface area (Å²) in [5, 5.41) is 4.51. The number of ether oxygens (including phenoxy) is 1. The molecule has 0 N–H and O–H groups in total. The molecule has 0 unspecified atom stereocenters. The second-order valence-corrected chi connectivity index (χ2v) is 4.84. The zero-order chi connectivity index (χ0) is 14.5. The second kappa shape index (κ2) is 6.27. The normalized spacial score (nSPS) is 10.5. The number of benzene rings is 2. The van der Waals surface area contributed by atoms with Crippen LogP contribution < -0.4 is 4.74 Å². The van der Waals surface area contributed by atoms with Crippen LogP contribution >= 0.6 is 0 Å². The molecule has 0 saturated carbocycles. The molecule has 0 bridgehead atoms. The number of hydrogen-bond donors (Lipinski definition) is 0. The molecule has 1 aromatic heterocycles. The molecule has 21 heavy (non-hydrogen) atoms. The third kappa shape index (κ3) is 3.14. The van der Waals surface area contributed by atoms with Gasteiger partial charge in [0.05, 0.1) is 5.56 Å². The van der Waals surface area contributed by atoms with Gasteiger partial charge >= 0.3 is 0 Å². The van der Waals surface area contributed by atoms with Crippen LogP contribution in [-0.4, -0.2) is 9.78 Å². The third-order valence-corrected chi connectivity index (χ3v) is 3.35. The average Bonchev–Trinajstić information content (AvgIpc) is 2.98. The van der Waals surface area contributed by atoms with Crippen LogP contribution in [0.4, 0.5) is 0 Å². The lowest BCUT2D eigenvalue weighted by molar-refractivity contribution is 0.291. The summed E-state index contributed by atoms with van der Waals surface area (Å²) < 4.78 is 7.83. The van der Waals surface area contributed by atoms with E-state index in [9.17, 15) is 0 Å². The van der Waals surface area contributed by atoms with Crippen molar-refractivity contribution in [2.75, 3.05) is 0 Å². The molecule has 1 heterocycles. The fraction of sp³-hybridized carbons (Fsp3) is 0.167. The van der Waals surface area contributed by atoms with E-state index < -0.39 is 0 Å². The van der Waals surface area contributed by atoms with E-state index >= 15 is 0 Å². The zero-order valence-corrected chi connectivity index (χ0v) is 12.1. The lowest BCUT2D eigenvalue weighted by Crippen LogP contribution is -1.98. The molecule has 3 aromatic rings. The highest BCUT2D eigenvalue weighted by Gasteiger charge is 2.11. The van der Waals surface area contributed by atoms with Gasteiger partial charge in [-0.2, -0.15) is 0 Å². The topological polar surface area (TPSA) is 27.1 Å². The molecule has 0 fully saturated rings. The SMILES string of the molecule is CCn1cc(-c2ccccc2)c(OCc2ccccc2)n1. The predicted molar refractivity (Wildman–Crippen MR) is 84.1 cm³/mol. The van der Waals surface area contributed by atoms with Gasteiger partial charge in [0.15, 0.2) is 0 Å². The lowest BCUT2D eigenvalue weighted by Gasteiger charge is -2.05. The number of nitrogens with zero attached hydrogens (tertiary/aromatic N) is 2. The number of hydrogen-bond acceptors (Lipinski definition) is 2. The van der Waals surface area contributed by atoms with Crippen LogP contribution in [-0.2, 0) is 13.2 Å². The number of rotatable bonds is 5. The average molecular weight is 278 g/mol. The molecule has 0 aliphatic carbocycles. The number of aryl methyl sites for hydroxylation is 1. The highest BCUT2D eigenvalue weighted by atomic mass is 16.5. The van der Waals surface area contributed by atoms with E-state index in [0.717, 1.165) is 23.2 Å². The molecule has 3 nitrogen and oxygen atoms in total. The monoisotopic (exact) mass is 278 g/mol. The van der Waals surface area contributed by atoms with E-state index in [1.54, 1.807) is 0 Å². The van der Waals surface area contributed by atoms with Crippen molar-refractivity contribution in [3.63, 3.8) is 0 Å². The summed E-state index contributed by atoms with van der Waals surface area (Å²) in [6.07, 6.45) is 2.04. The molecule has 0 atom stereocenters. The summed E-state index contributed by atoms with van der Waals surface area (Å²) in [5.74, 6) is 0.687. The van der Waals surface area contributed by atoms with E-state index in [-0.39, 0.29) is 0 Å². The fourth-order valence-electron chi connectivity index (χ4n) is 2.21. The molecule has 0 radical (unpaired) electrons. The second-order valence-electron chi connectivity index (χ2n) is 4.84. The minimum Gasteiger partial charge on any atom is -0.471 e. The molecule has 0 amide bonds. The van der Waals surface area contributed by atoms with E-state index in [1.807, 2.05) is 47.3 Å². The molecule has 0 saturated heterocycles. The van der Waals surface area contributed by atoms with Gasteiger partial charge in [0.25, 0.3) is 0 Å². The Morgan fingerprint density at radius 3 is 2.29 bits per heavy atom. The Bertz CT molecular complexity index is 690. The van der Waals surface area contributed by atoms with Crippen molar-refractivity contribution in [1.29, 1.82) is 0 Å². The first-order chi connectivity index (χ1) is 10.4. The van der Waals surface area contributed by atoms with Crippen LogP contribution in [0.25, 0.3) is 11.1 Å². The molecule has 0 aliphatic rings. The largest absolute Gasteiger partial charge is 0.471 e. The zero-order valence-electron chi connectivity index (χ0n) is 12.1. The maximum absolute atomic E-state index is 5.93. The van der Waals surface area contributed by atoms with Crippen molar-refractivity contribution in [2.45, 2.75) is 20.1 Å². The minimum absolute atomic E-state index is 0.529. The van der Waals surface area contributed by atoms with Gasteiger partial charge in [-0.3, -0.25) is 4.68 Å². The van der Waals surface area contributed by atoms with Crippen LogP contribution in [0.2, 0.25) is 0 Å². The van der Waals surface area contributed by atoms with Crippen molar-refractivity contribution in [2.24, 2.45) is 0 Å². The first kappa shape index (κ1) is 13.4. The molecule has 3 rings (SSSR count). The van der Waals surface area contributed by atoms with Crippen molar-refractivity contribution in [3.8, 4) is 17.0 Å². The van der Waals surface area contributed by atoms with Gasteiger partial charge in [-0.15, -0.1) is 5.10 Å². The molecule has 0 aliphatic heterocycles. The molecule has 0 spiro atoms. The van der Waals surface area contributed by atoms with Gasteiger partial charge in [0, 0.05) is 12.7 Å². The predicted octanol–water partition coefficient (Wildman–Crippen LogP) is 4.15. The Kier molecular flexibility index (Phi) is 4.01. The Hall–Kier alpha value is -2.55. The van der Waals surface area contributed by atoms with Crippen molar-refractivity contribution >= 4 is 0 Å². The standard InChI is InChI=1S/C18H18N2O/c1-2-20-13-17(16-11-7-4-8-12-16)18(19-20)21-14-15-9-5-3-6-10-15/h3-13H,2,14H2,1H3. The smallest absolute Gasteiger partial charge is 0.241 e. The highest BCUT2D eigenvalue weighted by Crippen LogP contribution is 2.29. The van der Waals surface area contributed by atoms with Gasteiger partial charge in [0.1, 0.15) is 6.61 Å². The highest BCUT2D eigenvalue weighted by molar-refractivity contribution is 5.67. The quantitative estimate of drug-likeness (QED) is 0.701. The van der Waals surface area contributed by atoms with Crippen LogP contribution in [0.3, 0.4) is 0 Å². The first-order valence-electron chi connectivity index (χ1n) is 7.16. The summed E-state index contributed by atoms with van der Waals surface area (Å²) in [4.78, 5) is 0. The molecule has 106 valence electrons. The summed E-state index contributed by atoms with van der Waals surface area (Å²) in [7, 11) is 0. The maximum Gasteiger partial charge on any atom is 0.241 e. The lowest BCUT2D eigenvalue weighted by atomic mass is 10.1. The van der Waals surface area contributed by atoms with Crippen LogP contribution in [0.15, 0.2) is 66.9 Å². The molecular weight excluding hydrogens is 260 g/mol. The van der Waals surface area contributed by atoms with Gasteiger partial charge in [-0.1, -0.05) is 60.7 Å². The van der Waals surface area contributed by atoms with Crippen molar-refractivity contribution < 1.29 is 4.74 Å². The first-order valence-corrected chi connectivity index (χ1v) is 7.16. The Morgan fingerprint density at radius 1 is 0.952 bits per heavy atom. The Balaban J connectivity index is 1.86. The van der Waals surface area contributed by atoms with E-state index in [2.05, 4.69) is 36.3 Å². The number of aromatic nitrogens is 2. The van der Waals surface area contributed by atoms with Gasteiger partial charge in [-0.25, -0.2) is 0 Å². The maximum atomic E-state index is 5.93. The Labute approximate surface area is 124 Å². The molecular formula is C18H18N2O.